The summed E-state index contributed by atoms with van der Waals surface area (Å²) in [5, 5.41) is 3.71. The average molecular weight is 323 g/mol. The van der Waals surface area contributed by atoms with Crippen molar-refractivity contribution in [3.05, 3.63) is 16.1 Å². The van der Waals surface area contributed by atoms with Crippen LogP contribution in [0.25, 0.3) is 0 Å². The quantitative estimate of drug-likeness (QED) is 0.806. The van der Waals surface area contributed by atoms with E-state index in [2.05, 4.69) is 10.3 Å². The lowest BCUT2D eigenvalue weighted by atomic mass is 10.1. The zero-order chi connectivity index (χ0) is 11.5. The third kappa shape index (κ3) is 4.59. The monoisotopic (exact) mass is 322 g/mol. The molecule has 0 atom stereocenters. The Bertz CT molecular complexity index is 358. The number of nitrogens with zero attached hydrogens (tertiary/aromatic N) is 2. The van der Waals surface area contributed by atoms with Gasteiger partial charge in [-0.1, -0.05) is 19.3 Å². The average Bonchev–Trinajstić information content (AvgIpc) is 3.00. The first-order valence-corrected chi connectivity index (χ1v) is 7.96. The van der Waals surface area contributed by atoms with Crippen LogP contribution in [0.4, 0.5) is 0 Å². The van der Waals surface area contributed by atoms with E-state index < -0.39 is 0 Å². The van der Waals surface area contributed by atoms with Gasteiger partial charge in [0.1, 0.15) is 0 Å². The lowest BCUT2D eigenvalue weighted by Gasteiger charge is -2.25. The highest BCUT2D eigenvalue weighted by Crippen LogP contribution is 2.35. The van der Waals surface area contributed by atoms with Crippen LogP contribution in [0.3, 0.4) is 0 Å². The molecule has 0 spiro atoms. The van der Waals surface area contributed by atoms with Crippen molar-refractivity contribution in [2.75, 3.05) is 13.1 Å². The number of hydrogen-bond acceptors (Lipinski definition) is 3. The largest absolute Gasteiger partial charge is 0.297 e. The Kier molecular flexibility index (Phi) is 7.66. The zero-order valence-electron chi connectivity index (χ0n) is 11.3. The molecule has 3 rings (SSSR count). The Morgan fingerprint density at radius 3 is 2.42 bits per heavy atom. The molecule has 0 bridgehead atoms. The highest BCUT2D eigenvalue weighted by atomic mass is 35.5. The maximum atomic E-state index is 4.86. The summed E-state index contributed by atoms with van der Waals surface area (Å²) < 4.78 is 0. The minimum atomic E-state index is 0. The van der Waals surface area contributed by atoms with Crippen LogP contribution in [0.15, 0.2) is 5.38 Å². The number of thiazole rings is 1. The fraction of sp³-hybridized carbons (Fsp3) is 0.786. The molecule has 1 saturated heterocycles. The standard InChI is InChI=1S/C14H22N2S.2ClH/c1-4-8-16(9-5-1)10-13-11-17-14(15-13)12-6-2-3-7-12;;/h11-12H,1-10H2;2*1H. The van der Waals surface area contributed by atoms with Crippen molar-refractivity contribution in [3.8, 4) is 0 Å². The fourth-order valence-corrected chi connectivity index (χ4v) is 4.08. The molecule has 110 valence electrons. The number of piperidine rings is 1. The molecule has 0 unspecified atom stereocenters. The van der Waals surface area contributed by atoms with Crippen LogP contribution in [0, 0.1) is 0 Å². The van der Waals surface area contributed by atoms with Crippen LogP contribution < -0.4 is 0 Å². The van der Waals surface area contributed by atoms with Gasteiger partial charge in [-0.3, -0.25) is 4.90 Å². The van der Waals surface area contributed by atoms with E-state index in [4.69, 9.17) is 4.98 Å². The summed E-state index contributed by atoms with van der Waals surface area (Å²) in [6, 6.07) is 0. The van der Waals surface area contributed by atoms with E-state index in [-0.39, 0.29) is 24.8 Å². The number of halogens is 2. The molecule has 0 amide bonds. The molecule has 2 fully saturated rings. The van der Waals surface area contributed by atoms with Gasteiger partial charge in [-0.15, -0.1) is 36.2 Å². The molecule has 1 aromatic heterocycles. The molecule has 2 heterocycles. The Morgan fingerprint density at radius 1 is 1.05 bits per heavy atom. The van der Waals surface area contributed by atoms with Gasteiger partial charge in [-0.2, -0.15) is 0 Å². The summed E-state index contributed by atoms with van der Waals surface area (Å²) in [4.78, 5) is 7.43. The molecule has 0 radical (unpaired) electrons. The van der Waals surface area contributed by atoms with Gasteiger partial charge in [0.25, 0.3) is 0 Å². The second kappa shape index (κ2) is 8.46. The van der Waals surface area contributed by atoms with E-state index in [1.165, 1.54) is 68.7 Å². The van der Waals surface area contributed by atoms with E-state index in [1.807, 2.05) is 11.3 Å². The van der Waals surface area contributed by atoms with E-state index in [1.54, 1.807) is 0 Å². The lowest BCUT2D eigenvalue weighted by molar-refractivity contribution is 0.219. The topological polar surface area (TPSA) is 16.1 Å². The molecule has 5 heteroatoms. The summed E-state index contributed by atoms with van der Waals surface area (Å²) >= 11 is 1.90. The lowest BCUT2D eigenvalue weighted by Crippen LogP contribution is -2.29. The summed E-state index contributed by atoms with van der Waals surface area (Å²) in [6.45, 7) is 3.63. The Hall–Kier alpha value is 0.170. The smallest absolute Gasteiger partial charge is 0.0959 e. The van der Waals surface area contributed by atoms with Gasteiger partial charge in [0.15, 0.2) is 0 Å². The first kappa shape index (κ1) is 17.2. The van der Waals surface area contributed by atoms with Crippen molar-refractivity contribution in [2.45, 2.75) is 57.4 Å². The second-order valence-electron chi connectivity index (χ2n) is 5.50. The van der Waals surface area contributed by atoms with Gasteiger partial charge in [0.05, 0.1) is 10.7 Å². The number of rotatable bonds is 3. The number of hydrogen-bond donors (Lipinski definition) is 0. The molecule has 1 saturated carbocycles. The van der Waals surface area contributed by atoms with Crippen molar-refractivity contribution in [1.29, 1.82) is 0 Å². The van der Waals surface area contributed by atoms with Gasteiger partial charge in [-0.05, 0) is 38.8 Å². The Balaban J connectivity index is 0.000000902. The minimum Gasteiger partial charge on any atom is -0.297 e. The predicted molar refractivity (Wildman–Crippen MR) is 86.9 cm³/mol. The van der Waals surface area contributed by atoms with Crippen molar-refractivity contribution < 1.29 is 0 Å². The normalized spacial score (nSPS) is 20.8. The van der Waals surface area contributed by atoms with Gasteiger partial charge < -0.3 is 0 Å². The molecular weight excluding hydrogens is 299 g/mol. The third-order valence-electron chi connectivity index (χ3n) is 4.11. The van der Waals surface area contributed by atoms with Gasteiger partial charge in [-0.25, -0.2) is 4.98 Å². The Labute approximate surface area is 132 Å². The maximum Gasteiger partial charge on any atom is 0.0959 e. The zero-order valence-corrected chi connectivity index (χ0v) is 13.8. The van der Waals surface area contributed by atoms with Crippen LogP contribution in [0.5, 0.6) is 0 Å². The molecule has 1 aromatic rings. The van der Waals surface area contributed by atoms with Gasteiger partial charge in [0.2, 0.25) is 0 Å². The van der Waals surface area contributed by atoms with Crippen LogP contribution in [-0.4, -0.2) is 23.0 Å². The van der Waals surface area contributed by atoms with Crippen molar-refractivity contribution in [3.63, 3.8) is 0 Å². The molecule has 19 heavy (non-hydrogen) atoms. The molecule has 2 aliphatic rings. The van der Waals surface area contributed by atoms with Gasteiger partial charge in [0, 0.05) is 17.8 Å². The van der Waals surface area contributed by atoms with Crippen LogP contribution in [-0.2, 0) is 6.54 Å². The SMILES string of the molecule is Cl.Cl.c1sc(C2CCCC2)nc1CN1CCCCC1. The van der Waals surface area contributed by atoms with Crippen molar-refractivity contribution in [1.82, 2.24) is 9.88 Å². The van der Waals surface area contributed by atoms with Gasteiger partial charge >= 0.3 is 0 Å². The first-order valence-electron chi connectivity index (χ1n) is 7.08. The molecule has 2 nitrogen and oxygen atoms in total. The first-order chi connectivity index (χ1) is 8.42. The molecule has 1 aliphatic heterocycles. The van der Waals surface area contributed by atoms with Crippen LogP contribution in [0.1, 0.15) is 61.6 Å². The Morgan fingerprint density at radius 2 is 1.74 bits per heavy atom. The van der Waals surface area contributed by atoms with E-state index in [0.717, 1.165) is 12.5 Å². The van der Waals surface area contributed by atoms with E-state index in [0.29, 0.717) is 0 Å². The molecule has 1 aliphatic carbocycles. The van der Waals surface area contributed by atoms with E-state index in [9.17, 15) is 0 Å². The van der Waals surface area contributed by atoms with E-state index >= 15 is 0 Å². The number of aromatic nitrogens is 1. The highest BCUT2D eigenvalue weighted by Gasteiger charge is 2.20. The predicted octanol–water partition coefficient (Wildman–Crippen LogP) is 4.63. The summed E-state index contributed by atoms with van der Waals surface area (Å²) in [7, 11) is 0. The summed E-state index contributed by atoms with van der Waals surface area (Å²) in [5.41, 5.74) is 1.32. The molecule has 0 N–H and O–H groups in total. The molecular formula is C14H24Cl2N2S. The summed E-state index contributed by atoms with van der Waals surface area (Å²) in [5.74, 6) is 0.787. The maximum absolute atomic E-state index is 4.86. The van der Waals surface area contributed by atoms with Crippen LogP contribution in [0.2, 0.25) is 0 Å². The minimum absolute atomic E-state index is 0. The van der Waals surface area contributed by atoms with Crippen LogP contribution >= 0.6 is 36.2 Å². The highest BCUT2D eigenvalue weighted by molar-refractivity contribution is 7.09. The van der Waals surface area contributed by atoms with Crippen molar-refractivity contribution >= 4 is 36.2 Å². The van der Waals surface area contributed by atoms with Crippen molar-refractivity contribution in [2.24, 2.45) is 0 Å². The second-order valence-corrected chi connectivity index (χ2v) is 6.38. The molecule has 0 aromatic carbocycles. The number of likely N-dealkylation sites (tertiary alicyclic amines) is 1. The third-order valence-corrected chi connectivity index (χ3v) is 5.16. The fourth-order valence-electron chi connectivity index (χ4n) is 3.10. The summed E-state index contributed by atoms with van der Waals surface area (Å²) in [6.07, 6.45) is 9.73.